The Labute approximate surface area is 162 Å². The summed E-state index contributed by atoms with van der Waals surface area (Å²) in [5, 5.41) is 0. The molecule has 0 aliphatic heterocycles. The molecular weight excluding hydrogens is 324 g/mol. The molecule has 0 rings (SSSR count). The Kier molecular flexibility index (Phi) is 18.3. The Bertz CT molecular complexity index is 338. The molecule has 0 spiro atoms. The van der Waals surface area contributed by atoms with Gasteiger partial charge in [0.25, 0.3) is 0 Å². The maximum atomic E-state index is 11.6. The summed E-state index contributed by atoms with van der Waals surface area (Å²) in [7, 11) is 0. The van der Waals surface area contributed by atoms with E-state index < -0.39 is 0 Å². The zero-order valence-corrected chi connectivity index (χ0v) is 17.8. The van der Waals surface area contributed by atoms with E-state index in [1.165, 1.54) is 90.4 Å². The van der Waals surface area contributed by atoms with Gasteiger partial charge in [-0.2, -0.15) is 0 Å². The smallest absolute Gasteiger partial charge is 0.305 e. The molecule has 0 N–H and O–H groups in total. The van der Waals surface area contributed by atoms with Gasteiger partial charge in [-0.25, -0.2) is 0 Å². The number of rotatable bonds is 19. The minimum Gasteiger partial charge on any atom is -0.465 e. The minimum atomic E-state index is -0.181. The molecule has 154 valence electrons. The van der Waals surface area contributed by atoms with Crippen LogP contribution in [-0.4, -0.2) is 18.4 Å². The molecule has 0 amide bonds. The van der Waals surface area contributed by atoms with Crippen molar-refractivity contribution in [1.29, 1.82) is 0 Å². The lowest BCUT2D eigenvalue weighted by atomic mass is 10.0. The number of hydrogen-bond acceptors (Lipinski definition) is 3. The van der Waals surface area contributed by atoms with Crippen LogP contribution in [0.25, 0.3) is 0 Å². The van der Waals surface area contributed by atoms with Crippen LogP contribution in [-0.2, 0) is 14.3 Å². The first kappa shape index (κ1) is 25.1. The van der Waals surface area contributed by atoms with E-state index in [2.05, 4.69) is 6.92 Å². The molecule has 0 bridgehead atoms. The molecule has 0 aromatic heterocycles. The molecule has 1 unspecified atom stereocenters. The van der Waals surface area contributed by atoms with Crippen LogP contribution >= 0.6 is 0 Å². The molecule has 0 aliphatic rings. The monoisotopic (exact) mass is 368 g/mol. The van der Waals surface area contributed by atoms with E-state index in [0.29, 0.717) is 6.42 Å². The molecule has 0 aromatic carbocycles. The Balaban J connectivity index is 3.19. The van der Waals surface area contributed by atoms with Crippen LogP contribution in [0.4, 0.5) is 0 Å². The predicted octanol–water partition coefficient (Wildman–Crippen LogP) is 7.02. The van der Waals surface area contributed by atoms with Gasteiger partial charge in [-0.3, -0.25) is 9.59 Å². The molecule has 0 saturated carbocycles. The Morgan fingerprint density at radius 1 is 0.692 bits per heavy atom. The maximum absolute atomic E-state index is 11.6. The van der Waals surface area contributed by atoms with E-state index in [-0.39, 0.29) is 24.3 Å². The fourth-order valence-corrected chi connectivity index (χ4v) is 3.05. The number of ketones is 1. The minimum absolute atomic E-state index is 0.0739. The molecule has 0 aliphatic carbocycles. The van der Waals surface area contributed by atoms with Crippen molar-refractivity contribution in [1.82, 2.24) is 0 Å². The molecule has 0 radical (unpaired) electrons. The Morgan fingerprint density at radius 3 is 1.46 bits per heavy atom. The number of unbranched alkanes of at least 4 members (excludes halogenated alkanes) is 14. The van der Waals surface area contributed by atoms with Gasteiger partial charge in [-0.1, -0.05) is 104 Å². The number of esters is 1. The Morgan fingerprint density at radius 2 is 1.08 bits per heavy atom. The van der Waals surface area contributed by atoms with E-state index in [9.17, 15) is 9.59 Å². The van der Waals surface area contributed by atoms with Gasteiger partial charge in [-0.15, -0.1) is 0 Å². The van der Waals surface area contributed by atoms with Crippen molar-refractivity contribution in [3.8, 4) is 0 Å². The summed E-state index contributed by atoms with van der Waals surface area (Å²) >= 11 is 0. The average molecular weight is 369 g/mol. The van der Waals surface area contributed by atoms with Crippen LogP contribution in [0.2, 0.25) is 0 Å². The molecular formula is C23H44O3. The van der Waals surface area contributed by atoms with E-state index in [4.69, 9.17) is 4.74 Å². The number of ether oxygens (including phenoxy) is 1. The van der Waals surface area contributed by atoms with Crippen LogP contribution in [0.5, 0.6) is 0 Å². The Hall–Kier alpha value is -0.860. The van der Waals surface area contributed by atoms with Gasteiger partial charge >= 0.3 is 5.97 Å². The molecule has 0 saturated heterocycles. The number of Topliss-reactive ketones (excluding diaryl/α,β-unsaturated/α-hetero) is 1. The highest BCUT2D eigenvalue weighted by Gasteiger charge is 2.10. The van der Waals surface area contributed by atoms with Crippen molar-refractivity contribution >= 4 is 11.8 Å². The standard InChI is InChI=1S/C23H44O3/c1-4-5-6-7-8-9-10-11-12-13-14-15-16-17-18-19-23(25)26-20-21(2)22(3)24/h21H,4-20H2,1-3H3. The van der Waals surface area contributed by atoms with Gasteiger partial charge in [0, 0.05) is 12.3 Å². The summed E-state index contributed by atoms with van der Waals surface area (Å²) in [5.74, 6) is -0.266. The van der Waals surface area contributed by atoms with Gasteiger partial charge in [0.2, 0.25) is 0 Å². The molecule has 0 aromatic rings. The molecule has 3 nitrogen and oxygen atoms in total. The van der Waals surface area contributed by atoms with Gasteiger partial charge < -0.3 is 4.74 Å². The van der Waals surface area contributed by atoms with E-state index >= 15 is 0 Å². The first-order valence-electron chi connectivity index (χ1n) is 11.2. The second-order valence-corrected chi connectivity index (χ2v) is 7.89. The lowest BCUT2D eigenvalue weighted by molar-refractivity contribution is -0.145. The highest BCUT2D eigenvalue weighted by atomic mass is 16.5. The molecule has 26 heavy (non-hydrogen) atoms. The van der Waals surface area contributed by atoms with Crippen LogP contribution in [0, 0.1) is 5.92 Å². The first-order chi connectivity index (χ1) is 12.6. The third-order valence-electron chi connectivity index (χ3n) is 5.17. The third kappa shape index (κ3) is 17.9. The van der Waals surface area contributed by atoms with Crippen LogP contribution in [0.15, 0.2) is 0 Å². The lowest BCUT2D eigenvalue weighted by Crippen LogP contribution is -2.17. The number of carbonyl (C=O) groups is 2. The SMILES string of the molecule is CCCCCCCCCCCCCCCCCC(=O)OCC(C)C(C)=O. The predicted molar refractivity (Wildman–Crippen MR) is 110 cm³/mol. The summed E-state index contributed by atoms with van der Waals surface area (Å²) < 4.78 is 5.12. The first-order valence-corrected chi connectivity index (χ1v) is 11.2. The van der Waals surface area contributed by atoms with Crippen molar-refractivity contribution in [3.05, 3.63) is 0 Å². The largest absolute Gasteiger partial charge is 0.465 e. The van der Waals surface area contributed by atoms with E-state index in [1.807, 2.05) is 0 Å². The van der Waals surface area contributed by atoms with Crippen molar-refractivity contribution in [3.63, 3.8) is 0 Å². The zero-order chi connectivity index (χ0) is 19.5. The summed E-state index contributed by atoms with van der Waals surface area (Å²) in [6.45, 7) is 5.83. The highest BCUT2D eigenvalue weighted by molar-refractivity contribution is 5.78. The number of carbonyl (C=O) groups excluding carboxylic acids is 2. The second-order valence-electron chi connectivity index (χ2n) is 7.89. The number of hydrogen-bond donors (Lipinski definition) is 0. The maximum Gasteiger partial charge on any atom is 0.305 e. The topological polar surface area (TPSA) is 43.4 Å². The second kappa shape index (κ2) is 18.9. The average Bonchev–Trinajstić information content (AvgIpc) is 2.62. The quantitative estimate of drug-likeness (QED) is 0.182. The van der Waals surface area contributed by atoms with Gasteiger partial charge in [0.15, 0.2) is 0 Å². The van der Waals surface area contributed by atoms with E-state index in [1.54, 1.807) is 6.92 Å². The van der Waals surface area contributed by atoms with Crippen molar-refractivity contribution in [2.75, 3.05) is 6.61 Å². The van der Waals surface area contributed by atoms with Gasteiger partial charge in [0.05, 0.1) is 0 Å². The van der Waals surface area contributed by atoms with Crippen molar-refractivity contribution in [2.45, 2.75) is 124 Å². The fraction of sp³-hybridized carbons (Fsp3) is 0.913. The molecule has 0 heterocycles. The molecule has 0 fully saturated rings. The van der Waals surface area contributed by atoms with E-state index in [0.717, 1.165) is 12.8 Å². The zero-order valence-electron chi connectivity index (χ0n) is 17.8. The third-order valence-corrected chi connectivity index (χ3v) is 5.17. The summed E-state index contributed by atoms with van der Waals surface area (Å²) in [6, 6.07) is 0. The highest BCUT2D eigenvalue weighted by Crippen LogP contribution is 2.13. The fourth-order valence-electron chi connectivity index (χ4n) is 3.05. The summed E-state index contributed by atoms with van der Waals surface area (Å²) in [5.41, 5.74) is 0. The normalized spacial score (nSPS) is 12.1. The summed E-state index contributed by atoms with van der Waals surface area (Å²) in [4.78, 5) is 22.6. The summed E-state index contributed by atoms with van der Waals surface area (Å²) in [6.07, 6.45) is 20.3. The van der Waals surface area contributed by atoms with Gasteiger partial charge in [-0.05, 0) is 13.3 Å². The van der Waals surface area contributed by atoms with Crippen LogP contribution in [0.1, 0.15) is 124 Å². The van der Waals surface area contributed by atoms with Crippen molar-refractivity contribution < 1.29 is 14.3 Å². The van der Waals surface area contributed by atoms with Crippen molar-refractivity contribution in [2.24, 2.45) is 5.92 Å². The van der Waals surface area contributed by atoms with Crippen LogP contribution < -0.4 is 0 Å². The lowest BCUT2D eigenvalue weighted by Gasteiger charge is -2.08. The van der Waals surface area contributed by atoms with Gasteiger partial charge in [0.1, 0.15) is 12.4 Å². The molecule has 1 atom stereocenters. The molecule has 3 heteroatoms. The van der Waals surface area contributed by atoms with Crippen LogP contribution in [0.3, 0.4) is 0 Å².